The Morgan fingerprint density at radius 3 is 2.22 bits per heavy atom. The topological polar surface area (TPSA) is 66.9 Å². The summed E-state index contributed by atoms with van der Waals surface area (Å²) in [6.07, 6.45) is 0. The summed E-state index contributed by atoms with van der Waals surface area (Å²) in [5, 5.41) is 0.603. The highest BCUT2D eigenvalue weighted by Gasteiger charge is 2.29. The van der Waals surface area contributed by atoms with Crippen molar-refractivity contribution in [3.63, 3.8) is 0 Å². The zero-order chi connectivity index (χ0) is 19.6. The fourth-order valence-electron chi connectivity index (χ4n) is 3.09. The molecule has 2 aromatic rings. The molecule has 1 heterocycles. The first kappa shape index (κ1) is 19.7. The fraction of sp³-hybridized carbons (Fsp3) is 0.316. The van der Waals surface area contributed by atoms with Crippen LogP contribution in [0.2, 0.25) is 5.02 Å². The molecule has 0 unspecified atom stereocenters. The molecule has 0 atom stereocenters. The van der Waals surface area contributed by atoms with Gasteiger partial charge in [0.1, 0.15) is 5.75 Å². The average Bonchev–Trinajstić information content (AvgIpc) is 2.68. The number of methoxy groups -OCH3 is 1. The molecule has 0 aromatic heterocycles. The molecule has 0 N–H and O–H groups in total. The molecule has 0 amide bonds. The van der Waals surface area contributed by atoms with E-state index in [1.54, 1.807) is 31.4 Å². The average molecular weight is 409 g/mol. The highest BCUT2D eigenvalue weighted by atomic mass is 35.5. The van der Waals surface area contributed by atoms with E-state index >= 15 is 0 Å². The number of ketones is 1. The van der Waals surface area contributed by atoms with Crippen LogP contribution >= 0.6 is 11.6 Å². The van der Waals surface area contributed by atoms with Gasteiger partial charge in [0.25, 0.3) is 0 Å². The van der Waals surface area contributed by atoms with Gasteiger partial charge in [-0.05, 0) is 37.3 Å². The molecule has 1 aliphatic rings. The standard InChI is InChI=1S/C19H21ClN2O4S/c1-14(23)15-3-6-17(7-4-15)27(24,25)22-11-9-21(10-12-22)18-13-16(20)5-8-19(18)26-2/h3-8,13H,9-12H2,1-2H3. The summed E-state index contributed by atoms with van der Waals surface area (Å²) in [6, 6.07) is 11.4. The van der Waals surface area contributed by atoms with Gasteiger partial charge >= 0.3 is 0 Å². The van der Waals surface area contributed by atoms with Gasteiger partial charge in [-0.15, -0.1) is 0 Å². The maximum atomic E-state index is 12.9. The number of carbonyl (C=O) groups excluding carboxylic acids is 1. The quantitative estimate of drug-likeness (QED) is 0.711. The number of benzene rings is 2. The lowest BCUT2D eigenvalue weighted by molar-refractivity contribution is 0.101. The molecular formula is C19H21ClN2O4S. The zero-order valence-corrected chi connectivity index (χ0v) is 16.8. The van der Waals surface area contributed by atoms with Crippen molar-refractivity contribution in [2.75, 3.05) is 38.2 Å². The number of hydrogen-bond donors (Lipinski definition) is 0. The van der Waals surface area contributed by atoms with Crippen molar-refractivity contribution in [1.29, 1.82) is 0 Å². The Balaban J connectivity index is 1.75. The van der Waals surface area contributed by atoms with E-state index in [9.17, 15) is 13.2 Å². The van der Waals surface area contributed by atoms with Gasteiger partial charge in [0.2, 0.25) is 10.0 Å². The molecule has 0 bridgehead atoms. The van der Waals surface area contributed by atoms with Gasteiger partial charge in [-0.1, -0.05) is 23.7 Å². The van der Waals surface area contributed by atoms with Crippen molar-refractivity contribution in [3.05, 3.63) is 53.1 Å². The predicted molar refractivity (Wildman–Crippen MR) is 105 cm³/mol. The lowest BCUT2D eigenvalue weighted by atomic mass is 10.2. The summed E-state index contributed by atoms with van der Waals surface area (Å²) in [4.78, 5) is 13.6. The van der Waals surface area contributed by atoms with E-state index in [4.69, 9.17) is 16.3 Å². The smallest absolute Gasteiger partial charge is 0.243 e. The highest BCUT2D eigenvalue weighted by molar-refractivity contribution is 7.89. The number of halogens is 1. The number of anilines is 1. The summed E-state index contributed by atoms with van der Waals surface area (Å²) >= 11 is 6.10. The van der Waals surface area contributed by atoms with Gasteiger partial charge in [0, 0.05) is 36.8 Å². The van der Waals surface area contributed by atoms with Crippen LogP contribution < -0.4 is 9.64 Å². The minimum absolute atomic E-state index is 0.0944. The fourth-order valence-corrected chi connectivity index (χ4v) is 4.68. The van der Waals surface area contributed by atoms with E-state index in [0.29, 0.717) is 42.5 Å². The Kier molecular flexibility index (Phi) is 5.74. The van der Waals surface area contributed by atoms with Gasteiger partial charge in [-0.2, -0.15) is 4.31 Å². The van der Waals surface area contributed by atoms with E-state index in [2.05, 4.69) is 4.90 Å². The molecule has 0 spiro atoms. The maximum absolute atomic E-state index is 12.9. The van der Waals surface area contributed by atoms with Gasteiger partial charge in [0.15, 0.2) is 5.78 Å². The number of piperazine rings is 1. The SMILES string of the molecule is COc1ccc(Cl)cc1N1CCN(S(=O)(=O)c2ccc(C(C)=O)cc2)CC1. The van der Waals surface area contributed by atoms with Crippen LogP contribution in [0.5, 0.6) is 5.75 Å². The third-order valence-electron chi connectivity index (χ3n) is 4.62. The number of hydrogen-bond acceptors (Lipinski definition) is 5. The highest BCUT2D eigenvalue weighted by Crippen LogP contribution is 2.32. The molecule has 0 radical (unpaired) electrons. The first-order valence-electron chi connectivity index (χ1n) is 8.52. The number of nitrogens with zero attached hydrogens (tertiary/aromatic N) is 2. The Labute approximate surface area is 164 Å². The van der Waals surface area contributed by atoms with Crippen molar-refractivity contribution in [2.45, 2.75) is 11.8 Å². The zero-order valence-electron chi connectivity index (χ0n) is 15.2. The van der Waals surface area contributed by atoms with E-state index in [0.717, 1.165) is 5.69 Å². The molecule has 1 aliphatic heterocycles. The Morgan fingerprint density at radius 1 is 1.04 bits per heavy atom. The van der Waals surface area contributed by atoms with Crippen LogP contribution in [0.1, 0.15) is 17.3 Å². The first-order chi connectivity index (χ1) is 12.8. The van der Waals surface area contributed by atoms with Gasteiger partial charge < -0.3 is 9.64 Å². The van der Waals surface area contributed by atoms with Crippen LogP contribution in [0.3, 0.4) is 0 Å². The molecule has 0 aliphatic carbocycles. The van der Waals surface area contributed by atoms with E-state index in [-0.39, 0.29) is 10.7 Å². The monoisotopic (exact) mass is 408 g/mol. The number of ether oxygens (including phenoxy) is 1. The number of rotatable bonds is 5. The molecule has 144 valence electrons. The third kappa shape index (κ3) is 4.10. The van der Waals surface area contributed by atoms with Gasteiger partial charge in [-0.3, -0.25) is 4.79 Å². The normalized spacial score (nSPS) is 15.6. The van der Waals surface area contributed by atoms with Crippen molar-refractivity contribution >= 4 is 33.1 Å². The Morgan fingerprint density at radius 2 is 1.67 bits per heavy atom. The number of sulfonamides is 1. The molecule has 6 nitrogen and oxygen atoms in total. The van der Waals surface area contributed by atoms with Crippen LogP contribution in [-0.4, -0.2) is 51.8 Å². The van der Waals surface area contributed by atoms with Crippen LogP contribution in [-0.2, 0) is 10.0 Å². The predicted octanol–water partition coefficient (Wildman–Crippen LogP) is 3.06. The van der Waals surface area contributed by atoms with Crippen LogP contribution in [0, 0.1) is 0 Å². The first-order valence-corrected chi connectivity index (χ1v) is 10.3. The second-order valence-electron chi connectivity index (χ2n) is 6.29. The third-order valence-corrected chi connectivity index (χ3v) is 6.77. The summed E-state index contributed by atoms with van der Waals surface area (Å²) in [5.74, 6) is 0.610. The lowest BCUT2D eigenvalue weighted by Crippen LogP contribution is -2.48. The second-order valence-corrected chi connectivity index (χ2v) is 8.66. The molecule has 1 saturated heterocycles. The number of Topliss-reactive ketones (excluding diaryl/α,β-unsaturated/α-hetero) is 1. The summed E-state index contributed by atoms with van der Waals surface area (Å²) in [7, 11) is -2.00. The molecule has 8 heteroatoms. The van der Waals surface area contributed by atoms with Crippen molar-refractivity contribution in [1.82, 2.24) is 4.31 Å². The molecule has 1 fully saturated rings. The molecular weight excluding hydrogens is 388 g/mol. The van der Waals surface area contributed by atoms with Gasteiger partial charge in [0.05, 0.1) is 17.7 Å². The molecule has 2 aromatic carbocycles. The van der Waals surface area contributed by atoms with Crippen molar-refractivity contribution < 1.29 is 17.9 Å². The van der Waals surface area contributed by atoms with Gasteiger partial charge in [-0.25, -0.2) is 8.42 Å². The summed E-state index contributed by atoms with van der Waals surface area (Å²) in [5.41, 5.74) is 1.35. The number of carbonyl (C=O) groups is 1. The Hall–Kier alpha value is -2.09. The largest absolute Gasteiger partial charge is 0.495 e. The van der Waals surface area contributed by atoms with Crippen molar-refractivity contribution in [3.8, 4) is 5.75 Å². The van der Waals surface area contributed by atoms with E-state index in [1.165, 1.54) is 23.4 Å². The minimum Gasteiger partial charge on any atom is -0.495 e. The summed E-state index contributed by atoms with van der Waals surface area (Å²) in [6.45, 7) is 3.22. The second kappa shape index (κ2) is 7.88. The van der Waals surface area contributed by atoms with Crippen LogP contribution in [0.25, 0.3) is 0 Å². The summed E-state index contributed by atoms with van der Waals surface area (Å²) < 4.78 is 32.6. The van der Waals surface area contributed by atoms with E-state index in [1.807, 2.05) is 6.07 Å². The molecule has 3 rings (SSSR count). The molecule has 0 saturated carbocycles. The lowest BCUT2D eigenvalue weighted by Gasteiger charge is -2.36. The van der Waals surface area contributed by atoms with E-state index < -0.39 is 10.0 Å². The van der Waals surface area contributed by atoms with Crippen LogP contribution in [0.15, 0.2) is 47.4 Å². The Bertz CT molecular complexity index is 937. The maximum Gasteiger partial charge on any atom is 0.243 e. The van der Waals surface area contributed by atoms with Crippen molar-refractivity contribution in [2.24, 2.45) is 0 Å². The van der Waals surface area contributed by atoms with Crippen LogP contribution in [0.4, 0.5) is 5.69 Å². The minimum atomic E-state index is -3.60. The molecule has 27 heavy (non-hydrogen) atoms.